The number of hydrogen-bond acceptors (Lipinski definition) is 3. The third kappa shape index (κ3) is 4.75. The average Bonchev–Trinajstić information content (AvgIpc) is 2.37. The summed E-state index contributed by atoms with van der Waals surface area (Å²) in [6.07, 6.45) is 3.23. The van der Waals surface area contributed by atoms with Gasteiger partial charge >= 0.3 is 5.97 Å². The highest BCUT2D eigenvalue weighted by Crippen LogP contribution is 2.01. The summed E-state index contributed by atoms with van der Waals surface area (Å²) < 4.78 is 0. The monoisotopic (exact) mass is 263 g/mol. The Morgan fingerprint density at radius 2 is 2.11 bits per heavy atom. The Morgan fingerprint density at radius 3 is 2.67 bits per heavy atom. The number of hydrazone groups is 1. The SMILES string of the molecule is C=CCNC(=S)N/N=C\c1ccc(C(=O)O)cc1. The standard InChI is InChI=1S/C12H13N3O2S/c1-2-7-13-12(18)15-14-8-9-3-5-10(6-4-9)11(16)17/h2-6,8H,1,7H2,(H,16,17)(H2,13,15,18)/b14-8-. The smallest absolute Gasteiger partial charge is 0.335 e. The highest BCUT2D eigenvalue weighted by molar-refractivity contribution is 7.80. The molecule has 0 bridgehead atoms. The number of carbonyl (C=O) groups is 1. The maximum absolute atomic E-state index is 10.6. The van der Waals surface area contributed by atoms with Crippen molar-refractivity contribution in [1.29, 1.82) is 0 Å². The minimum Gasteiger partial charge on any atom is -0.478 e. The molecule has 0 radical (unpaired) electrons. The van der Waals surface area contributed by atoms with Crippen molar-refractivity contribution in [2.45, 2.75) is 0 Å². The van der Waals surface area contributed by atoms with Crippen molar-refractivity contribution >= 4 is 29.5 Å². The number of nitrogens with one attached hydrogen (secondary N) is 2. The van der Waals surface area contributed by atoms with Crippen LogP contribution in [0.15, 0.2) is 42.0 Å². The minimum atomic E-state index is -0.952. The molecule has 0 aromatic heterocycles. The number of benzene rings is 1. The van der Waals surface area contributed by atoms with Crippen LogP contribution in [0.25, 0.3) is 0 Å². The number of rotatable bonds is 5. The first-order chi connectivity index (χ1) is 8.63. The summed E-state index contributed by atoms with van der Waals surface area (Å²) >= 11 is 4.93. The number of nitrogens with zero attached hydrogens (tertiary/aromatic N) is 1. The van der Waals surface area contributed by atoms with Crippen LogP contribution in [0.2, 0.25) is 0 Å². The van der Waals surface area contributed by atoms with Gasteiger partial charge in [0.2, 0.25) is 0 Å². The number of aromatic carboxylic acids is 1. The van der Waals surface area contributed by atoms with Gasteiger partial charge in [-0.25, -0.2) is 4.79 Å². The second-order valence-electron chi connectivity index (χ2n) is 3.30. The third-order valence-corrected chi connectivity index (χ3v) is 2.18. The van der Waals surface area contributed by atoms with Gasteiger partial charge in [0.25, 0.3) is 0 Å². The van der Waals surface area contributed by atoms with Crippen LogP contribution < -0.4 is 10.7 Å². The molecule has 1 aromatic rings. The highest BCUT2D eigenvalue weighted by Gasteiger charge is 2.00. The maximum atomic E-state index is 10.6. The van der Waals surface area contributed by atoms with Gasteiger partial charge in [-0.1, -0.05) is 18.2 Å². The average molecular weight is 263 g/mol. The topological polar surface area (TPSA) is 73.7 Å². The summed E-state index contributed by atoms with van der Waals surface area (Å²) in [5.74, 6) is -0.952. The number of thiocarbonyl (C=S) groups is 1. The molecule has 0 saturated heterocycles. The minimum absolute atomic E-state index is 0.239. The molecule has 6 heteroatoms. The first-order valence-electron chi connectivity index (χ1n) is 5.14. The Labute approximate surface area is 110 Å². The van der Waals surface area contributed by atoms with Crippen LogP contribution in [-0.2, 0) is 0 Å². The lowest BCUT2D eigenvalue weighted by atomic mass is 10.1. The first kappa shape index (κ1) is 13.9. The van der Waals surface area contributed by atoms with Crippen molar-refractivity contribution in [2.75, 3.05) is 6.54 Å². The van der Waals surface area contributed by atoms with Crippen molar-refractivity contribution in [3.8, 4) is 0 Å². The van der Waals surface area contributed by atoms with E-state index in [4.69, 9.17) is 17.3 Å². The fraction of sp³-hybridized carbons (Fsp3) is 0.0833. The van der Waals surface area contributed by atoms with Crippen LogP contribution >= 0.6 is 12.2 Å². The Morgan fingerprint density at radius 1 is 1.44 bits per heavy atom. The molecule has 5 nitrogen and oxygen atoms in total. The van der Waals surface area contributed by atoms with Crippen LogP contribution in [0.1, 0.15) is 15.9 Å². The van der Waals surface area contributed by atoms with Gasteiger partial charge in [0.15, 0.2) is 5.11 Å². The molecule has 1 rings (SSSR count). The van der Waals surface area contributed by atoms with E-state index in [-0.39, 0.29) is 5.56 Å². The van der Waals surface area contributed by atoms with Crippen molar-refractivity contribution in [3.05, 3.63) is 48.0 Å². The summed E-state index contributed by atoms with van der Waals surface area (Å²) in [6, 6.07) is 6.35. The first-order valence-corrected chi connectivity index (χ1v) is 5.55. The Hall–Kier alpha value is -2.21. The molecule has 0 heterocycles. The molecule has 3 N–H and O–H groups in total. The second kappa shape index (κ2) is 7.18. The molecule has 0 aliphatic heterocycles. The summed E-state index contributed by atoms with van der Waals surface area (Å²) in [5, 5.41) is 15.9. The molecular formula is C12H13N3O2S. The third-order valence-electron chi connectivity index (χ3n) is 1.94. The van der Waals surface area contributed by atoms with E-state index in [1.807, 2.05) is 0 Å². The predicted molar refractivity (Wildman–Crippen MR) is 74.9 cm³/mol. The largest absolute Gasteiger partial charge is 0.478 e. The van der Waals surface area contributed by atoms with Gasteiger partial charge in [0.1, 0.15) is 0 Å². The summed E-state index contributed by atoms with van der Waals surface area (Å²) in [7, 11) is 0. The van der Waals surface area contributed by atoms with Crippen LogP contribution in [0.3, 0.4) is 0 Å². The van der Waals surface area contributed by atoms with Crippen LogP contribution in [-0.4, -0.2) is 28.9 Å². The fourth-order valence-corrected chi connectivity index (χ4v) is 1.22. The molecule has 0 atom stereocenters. The van der Waals surface area contributed by atoms with Crippen molar-refractivity contribution in [2.24, 2.45) is 5.10 Å². The highest BCUT2D eigenvalue weighted by atomic mass is 32.1. The molecular weight excluding hydrogens is 250 g/mol. The molecule has 1 aromatic carbocycles. The molecule has 94 valence electrons. The molecule has 0 aliphatic rings. The van der Waals surface area contributed by atoms with Gasteiger partial charge in [0, 0.05) is 6.54 Å². The molecule has 0 saturated carbocycles. The zero-order valence-corrected chi connectivity index (χ0v) is 10.4. The Balaban J connectivity index is 2.49. The lowest BCUT2D eigenvalue weighted by molar-refractivity contribution is 0.0697. The van der Waals surface area contributed by atoms with Crippen molar-refractivity contribution in [1.82, 2.24) is 10.7 Å². The number of carboxylic acid groups (broad SMARTS) is 1. The van der Waals surface area contributed by atoms with E-state index >= 15 is 0 Å². The fourth-order valence-electron chi connectivity index (χ4n) is 1.08. The van der Waals surface area contributed by atoms with E-state index in [1.165, 1.54) is 12.1 Å². The molecule has 0 aliphatic carbocycles. The molecule has 0 fully saturated rings. The Bertz CT molecular complexity index is 469. The number of carboxylic acids is 1. The van der Waals surface area contributed by atoms with Crippen molar-refractivity contribution in [3.63, 3.8) is 0 Å². The van der Waals surface area contributed by atoms with E-state index in [9.17, 15) is 4.79 Å². The summed E-state index contributed by atoms with van der Waals surface area (Å²) in [6.45, 7) is 4.11. The van der Waals surface area contributed by atoms with Gasteiger partial charge in [-0.15, -0.1) is 6.58 Å². The zero-order chi connectivity index (χ0) is 13.4. The molecule has 0 unspecified atom stereocenters. The van der Waals surface area contributed by atoms with Gasteiger partial charge in [0.05, 0.1) is 11.8 Å². The summed E-state index contributed by atoms with van der Waals surface area (Å²) in [4.78, 5) is 10.6. The quantitative estimate of drug-likeness (QED) is 0.324. The van der Waals surface area contributed by atoms with Gasteiger partial charge in [-0.05, 0) is 29.9 Å². The Kier molecular flexibility index (Phi) is 5.53. The van der Waals surface area contributed by atoms with Crippen LogP contribution in [0.4, 0.5) is 0 Å². The molecule has 18 heavy (non-hydrogen) atoms. The van der Waals surface area contributed by atoms with E-state index in [0.29, 0.717) is 11.7 Å². The second-order valence-corrected chi connectivity index (χ2v) is 3.70. The van der Waals surface area contributed by atoms with E-state index in [2.05, 4.69) is 22.4 Å². The summed E-state index contributed by atoms with van der Waals surface area (Å²) in [5.41, 5.74) is 3.65. The zero-order valence-electron chi connectivity index (χ0n) is 9.59. The van der Waals surface area contributed by atoms with E-state index in [0.717, 1.165) is 5.56 Å². The van der Waals surface area contributed by atoms with E-state index in [1.54, 1.807) is 24.4 Å². The van der Waals surface area contributed by atoms with Crippen molar-refractivity contribution < 1.29 is 9.90 Å². The molecule has 0 amide bonds. The van der Waals surface area contributed by atoms with Crippen LogP contribution in [0, 0.1) is 0 Å². The number of hydrogen-bond donors (Lipinski definition) is 3. The maximum Gasteiger partial charge on any atom is 0.335 e. The van der Waals surface area contributed by atoms with Gasteiger partial charge < -0.3 is 10.4 Å². The predicted octanol–water partition coefficient (Wildman–Crippen LogP) is 1.37. The van der Waals surface area contributed by atoms with Gasteiger partial charge in [-0.2, -0.15) is 5.10 Å². The van der Waals surface area contributed by atoms with E-state index < -0.39 is 5.97 Å². The molecule has 0 spiro atoms. The lowest BCUT2D eigenvalue weighted by Crippen LogP contribution is -2.31. The van der Waals surface area contributed by atoms with Crippen LogP contribution in [0.5, 0.6) is 0 Å². The van der Waals surface area contributed by atoms with Gasteiger partial charge in [-0.3, -0.25) is 5.43 Å². The lowest BCUT2D eigenvalue weighted by Gasteiger charge is -2.03. The normalized spacial score (nSPS) is 10.0.